The lowest BCUT2D eigenvalue weighted by molar-refractivity contribution is 0.0731. The first kappa shape index (κ1) is 23.0. The number of aromatic amines is 1. The number of pyridine rings is 1. The summed E-state index contributed by atoms with van der Waals surface area (Å²) in [6, 6.07) is 10.3. The number of sulfone groups is 1. The van der Waals surface area contributed by atoms with Gasteiger partial charge in [-0.05, 0) is 42.3 Å². The number of carbonyl (C=O) groups excluding carboxylic acids is 1. The monoisotopic (exact) mass is 494 g/mol. The van der Waals surface area contributed by atoms with Gasteiger partial charge in [-0.1, -0.05) is 13.0 Å². The molecule has 1 N–H and O–H groups in total. The molecule has 0 unspecified atom stereocenters. The van der Waals surface area contributed by atoms with Crippen molar-refractivity contribution in [3.63, 3.8) is 0 Å². The summed E-state index contributed by atoms with van der Waals surface area (Å²) < 4.78 is 44.8. The molecule has 0 radical (unpaired) electrons. The van der Waals surface area contributed by atoms with E-state index in [1.807, 2.05) is 24.3 Å². The number of ether oxygens (including phenoxy) is 1. The van der Waals surface area contributed by atoms with Gasteiger partial charge >= 0.3 is 0 Å². The van der Waals surface area contributed by atoms with Crippen LogP contribution < -0.4 is 4.74 Å². The predicted octanol–water partition coefficient (Wildman–Crippen LogP) is 3.76. The van der Waals surface area contributed by atoms with Crippen molar-refractivity contribution >= 4 is 26.8 Å². The number of aromatic nitrogens is 3. The number of hydrogen-bond donors (Lipinski definition) is 1. The van der Waals surface area contributed by atoms with E-state index in [-0.39, 0.29) is 36.6 Å². The summed E-state index contributed by atoms with van der Waals surface area (Å²) in [5.74, 6) is -0.559. The van der Waals surface area contributed by atoms with Gasteiger partial charge in [0.05, 0.1) is 12.7 Å². The Morgan fingerprint density at radius 1 is 1.17 bits per heavy atom. The molecule has 10 heteroatoms. The summed E-state index contributed by atoms with van der Waals surface area (Å²) in [6.07, 6.45) is 4.60. The molecule has 0 saturated carbocycles. The van der Waals surface area contributed by atoms with Crippen molar-refractivity contribution in [2.45, 2.75) is 24.8 Å². The zero-order valence-corrected chi connectivity index (χ0v) is 20.0. The van der Waals surface area contributed by atoms with Crippen molar-refractivity contribution in [3.8, 4) is 16.9 Å². The van der Waals surface area contributed by atoms with Gasteiger partial charge in [0.15, 0.2) is 15.5 Å². The summed E-state index contributed by atoms with van der Waals surface area (Å²) in [5, 5.41) is 7.72. The Morgan fingerprint density at radius 2 is 2.00 bits per heavy atom. The molecule has 4 aromatic rings. The van der Waals surface area contributed by atoms with Crippen molar-refractivity contribution in [1.29, 1.82) is 0 Å². The molecule has 0 bridgehead atoms. The highest BCUT2D eigenvalue weighted by molar-refractivity contribution is 7.90. The number of rotatable bonds is 4. The zero-order chi connectivity index (χ0) is 24.7. The van der Waals surface area contributed by atoms with E-state index in [1.165, 1.54) is 6.07 Å². The van der Waals surface area contributed by atoms with Crippen LogP contribution in [0.1, 0.15) is 28.4 Å². The zero-order valence-electron chi connectivity index (χ0n) is 19.2. The van der Waals surface area contributed by atoms with E-state index >= 15 is 4.39 Å². The Balaban J connectivity index is 1.48. The highest BCUT2D eigenvalue weighted by atomic mass is 32.2. The van der Waals surface area contributed by atoms with Crippen LogP contribution in [0.15, 0.2) is 53.7 Å². The second kappa shape index (κ2) is 8.77. The van der Waals surface area contributed by atoms with E-state index in [1.54, 1.807) is 24.2 Å². The number of carbonyl (C=O) groups is 1. The van der Waals surface area contributed by atoms with E-state index in [0.29, 0.717) is 17.9 Å². The maximum atomic E-state index is 15.0. The quantitative estimate of drug-likeness (QED) is 0.463. The number of hydrogen-bond acceptors (Lipinski definition) is 6. The first-order chi connectivity index (χ1) is 16.8. The van der Waals surface area contributed by atoms with Crippen LogP contribution in [0, 0.1) is 5.82 Å². The Bertz CT molecular complexity index is 1570. The molecule has 0 saturated heterocycles. The van der Waals surface area contributed by atoms with Gasteiger partial charge in [-0.15, -0.1) is 0 Å². The highest BCUT2D eigenvalue weighted by Crippen LogP contribution is 2.31. The maximum Gasteiger partial charge on any atom is 0.254 e. The van der Waals surface area contributed by atoms with Crippen LogP contribution in [0.25, 0.3) is 22.2 Å². The Hall–Kier alpha value is -3.79. The smallest absolute Gasteiger partial charge is 0.254 e. The second-order valence-electron chi connectivity index (χ2n) is 8.46. The molecule has 0 atom stereocenters. The number of fused-ring (bicyclic) bond motifs is 2. The minimum Gasteiger partial charge on any atom is -0.491 e. The lowest BCUT2D eigenvalue weighted by atomic mass is 10.0. The lowest BCUT2D eigenvalue weighted by Gasteiger charge is -2.22. The van der Waals surface area contributed by atoms with Crippen LogP contribution in [0.3, 0.4) is 0 Å². The van der Waals surface area contributed by atoms with Gasteiger partial charge in [-0.3, -0.25) is 9.89 Å². The molecule has 2 aromatic heterocycles. The fraction of sp³-hybridized carbons (Fsp3) is 0.240. The molecular weight excluding hydrogens is 471 g/mol. The van der Waals surface area contributed by atoms with Crippen LogP contribution in [0.2, 0.25) is 0 Å². The molecule has 35 heavy (non-hydrogen) atoms. The number of benzene rings is 2. The third-order valence-corrected chi connectivity index (χ3v) is 7.26. The third kappa shape index (κ3) is 4.25. The molecule has 0 fully saturated rings. The number of H-pyrrole nitrogens is 1. The van der Waals surface area contributed by atoms with Crippen molar-refractivity contribution in [3.05, 3.63) is 71.3 Å². The molecule has 8 nitrogen and oxygen atoms in total. The number of amides is 1. The Kier molecular flexibility index (Phi) is 5.76. The van der Waals surface area contributed by atoms with Crippen molar-refractivity contribution in [2.75, 3.05) is 19.4 Å². The molecule has 2 aromatic carbocycles. The van der Waals surface area contributed by atoms with E-state index in [4.69, 9.17) is 4.74 Å². The number of halogens is 1. The average molecular weight is 495 g/mol. The summed E-state index contributed by atoms with van der Waals surface area (Å²) in [6.45, 7) is 2.55. The van der Waals surface area contributed by atoms with E-state index in [2.05, 4.69) is 15.2 Å². The minimum absolute atomic E-state index is 0.0940. The average Bonchev–Trinajstić information content (AvgIpc) is 3.20. The van der Waals surface area contributed by atoms with Crippen LogP contribution in [-0.2, 0) is 22.8 Å². The normalized spacial score (nSPS) is 13.9. The van der Waals surface area contributed by atoms with Crippen LogP contribution in [0.5, 0.6) is 5.75 Å². The van der Waals surface area contributed by atoms with Crippen molar-refractivity contribution in [1.82, 2.24) is 20.1 Å². The van der Waals surface area contributed by atoms with Gasteiger partial charge < -0.3 is 9.64 Å². The third-order valence-electron chi connectivity index (χ3n) is 6.14. The van der Waals surface area contributed by atoms with Crippen molar-refractivity contribution < 1.29 is 22.3 Å². The highest BCUT2D eigenvalue weighted by Gasteiger charge is 2.27. The maximum absolute atomic E-state index is 15.0. The lowest BCUT2D eigenvalue weighted by Crippen LogP contribution is -2.33. The summed E-state index contributed by atoms with van der Waals surface area (Å²) >= 11 is 0. The van der Waals surface area contributed by atoms with Gasteiger partial charge in [0.2, 0.25) is 0 Å². The van der Waals surface area contributed by atoms with Crippen LogP contribution in [0.4, 0.5) is 4.39 Å². The summed E-state index contributed by atoms with van der Waals surface area (Å²) in [5.41, 5.74) is 3.57. The first-order valence-electron chi connectivity index (χ1n) is 11.1. The fourth-order valence-corrected chi connectivity index (χ4v) is 5.11. The molecule has 1 aliphatic rings. The molecule has 1 aliphatic heterocycles. The van der Waals surface area contributed by atoms with Gasteiger partial charge in [0.1, 0.15) is 23.1 Å². The van der Waals surface area contributed by atoms with Gasteiger partial charge in [-0.25, -0.2) is 17.8 Å². The van der Waals surface area contributed by atoms with E-state index in [9.17, 15) is 13.2 Å². The van der Waals surface area contributed by atoms with Crippen LogP contribution in [-0.4, -0.2) is 53.8 Å². The summed E-state index contributed by atoms with van der Waals surface area (Å²) in [4.78, 5) is 19.0. The molecule has 0 aliphatic carbocycles. The standard InChI is InChI=1S/C25H23FN4O4S/c1-3-19-20(5-7-22(23(19)26)35(2,32)33)25(31)30-8-9-34-21-6-4-15(10-18(21)14-30)16-11-17-13-28-29-24(17)27-12-16/h4-7,10-13H,3,8-9,14H2,1-2H3,(H,27,28,29). The van der Waals surface area contributed by atoms with E-state index < -0.39 is 20.5 Å². The first-order valence-corrected chi connectivity index (χ1v) is 13.0. The molecule has 0 spiro atoms. The minimum atomic E-state index is -3.75. The predicted molar refractivity (Wildman–Crippen MR) is 128 cm³/mol. The molecule has 1 amide bonds. The fourth-order valence-electron chi connectivity index (χ4n) is 4.34. The number of nitrogens with one attached hydrogen (secondary N) is 1. The molecular formula is C25H23FN4O4S. The largest absolute Gasteiger partial charge is 0.491 e. The topological polar surface area (TPSA) is 105 Å². The molecule has 3 heterocycles. The summed E-state index contributed by atoms with van der Waals surface area (Å²) in [7, 11) is -3.75. The SMILES string of the molecule is CCc1c(C(=O)N2CCOc3ccc(-c4cnc5[nH]ncc5c4)cc3C2)ccc(S(C)(=O)=O)c1F. The molecule has 180 valence electrons. The molecule has 5 rings (SSSR count). The van der Waals surface area contributed by atoms with Gasteiger partial charge in [-0.2, -0.15) is 5.10 Å². The Morgan fingerprint density at radius 3 is 2.77 bits per heavy atom. The van der Waals surface area contributed by atoms with E-state index in [0.717, 1.165) is 34.4 Å². The Labute approximate surface area is 201 Å². The van der Waals surface area contributed by atoms with Crippen molar-refractivity contribution in [2.24, 2.45) is 0 Å². The van der Waals surface area contributed by atoms with Gasteiger partial charge in [0, 0.05) is 46.6 Å². The van der Waals surface area contributed by atoms with Crippen LogP contribution >= 0.6 is 0 Å². The van der Waals surface area contributed by atoms with Gasteiger partial charge in [0.25, 0.3) is 5.91 Å². The number of nitrogens with zero attached hydrogens (tertiary/aromatic N) is 3. The second-order valence-corrected chi connectivity index (χ2v) is 10.4.